The number of nitrogens with one attached hydrogen (secondary N) is 13. The summed E-state index contributed by atoms with van der Waals surface area (Å²) in [5.41, 5.74) is 34.8. The topological polar surface area (TPSA) is 572 Å². The van der Waals surface area contributed by atoms with Crippen molar-refractivity contribution in [1.82, 2.24) is 69.1 Å². The van der Waals surface area contributed by atoms with Crippen molar-refractivity contribution in [2.75, 3.05) is 32.7 Å². The Morgan fingerprint density at radius 1 is 0.220 bits per heavy atom. The van der Waals surface area contributed by atoms with E-state index in [1.807, 2.05) is 69.2 Å². The number of rotatable bonds is 59. The van der Waals surface area contributed by atoms with Gasteiger partial charge in [0.25, 0.3) is 0 Å². The summed E-state index contributed by atoms with van der Waals surface area (Å²) in [6, 6.07) is -16.9. The van der Waals surface area contributed by atoms with Crippen LogP contribution < -0.4 is 104 Å². The number of carboxylic acids is 1. The minimum Gasteiger partial charge on any atom is -0.480 e. The maximum atomic E-state index is 14.4. The van der Waals surface area contributed by atoms with Gasteiger partial charge >= 0.3 is 5.97 Å². The molecule has 34 heteroatoms. The molecule has 13 amide bonds. The Bertz CT molecular complexity index is 2810. The Balaban J connectivity index is 6.74. The molecule has 0 bridgehead atoms. The number of amides is 13. The number of carbonyl (C=O) groups is 14. The predicted octanol–water partition coefficient (Wildman–Crippen LogP) is -0.318. The third-order valence-electron chi connectivity index (χ3n) is 17.9. The molecule has 0 aromatic rings. The zero-order valence-corrected chi connectivity index (χ0v) is 68.1. The van der Waals surface area contributed by atoms with E-state index in [1.54, 1.807) is 13.8 Å². The molecule has 0 aromatic heterocycles. The van der Waals surface area contributed by atoms with Crippen LogP contribution in [0.5, 0.6) is 0 Å². The number of unbranched alkanes of at least 4 members (excludes halogenated alkanes) is 5. The fourth-order valence-corrected chi connectivity index (χ4v) is 11.9. The Kier molecular flexibility index (Phi) is 51.8. The summed E-state index contributed by atoms with van der Waals surface area (Å²) in [4.78, 5) is 195. The fraction of sp³-hybridized carbons (Fsp3) is 0.813. The van der Waals surface area contributed by atoms with Gasteiger partial charge in [-0.05, 0) is 224 Å². The van der Waals surface area contributed by atoms with Crippen LogP contribution in [0.3, 0.4) is 0 Å². The Morgan fingerprint density at radius 3 is 0.606 bits per heavy atom. The minimum atomic E-state index is -1.32. The second-order valence-corrected chi connectivity index (χ2v) is 31.4. The van der Waals surface area contributed by atoms with Gasteiger partial charge in [0.05, 0.1) is 6.04 Å². The molecule has 34 nitrogen and oxygen atoms in total. The van der Waals surface area contributed by atoms with Crippen molar-refractivity contribution in [1.29, 1.82) is 0 Å². The first-order valence-corrected chi connectivity index (χ1v) is 39.6. The predicted molar refractivity (Wildman–Crippen MR) is 419 cm³/mol. The number of nitrogens with two attached hydrogens (primary N) is 6. The first kappa shape index (κ1) is 101. The van der Waals surface area contributed by atoms with Crippen LogP contribution in [-0.2, 0) is 67.1 Å². The van der Waals surface area contributed by atoms with E-state index in [9.17, 15) is 72.2 Å². The zero-order valence-electron chi connectivity index (χ0n) is 68.1. The molecule has 0 radical (unpaired) electrons. The Hall–Kier alpha value is -7.66. The molecular formula is C75H143N19O15. The average molecular weight is 1550 g/mol. The molecule has 0 fully saturated rings. The molecule has 0 aliphatic carbocycles. The molecule has 0 saturated heterocycles. The molecule has 0 aliphatic rings. The summed E-state index contributed by atoms with van der Waals surface area (Å²) in [7, 11) is 0. The molecule has 628 valence electrons. The van der Waals surface area contributed by atoms with E-state index < -0.39 is 167 Å². The van der Waals surface area contributed by atoms with Gasteiger partial charge in [-0.2, -0.15) is 0 Å². The molecule has 0 aromatic carbocycles. The lowest BCUT2D eigenvalue weighted by molar-refractivity contribution is -0.142. The van der Waals surface area contributed by atoms with E-state index in [4.69, 9.17) is 34.4 Å². The van der Waals surface area contributed by atoms with Gasteiger partial charge in [0.1, 0.15) is 78.5 Å². The highest BCUT2D eigenvalue weighted by Gasteiger charge is 2.38. The first-order chi connectivity index (χ1) is 51.2. The van der Waals surface area contributed by atoms with Crippen LogP contribution in [0.25, 0.3) is 0 Å². The summed E-state index contributed by atoms with van der Waals surface area (Å²) >= 11 is 0. The van der Waals surface area contributed by atoms with Crippen LogP contribution >= 0.6 is 0 Å². The van der Waals surface area contributed by atoms with Crippen molar-refractivity contribution < 1.29 is 72.2 Å². The summed E-state index contributed by atoms with van der Waals surface area (Å²) in [5.74, 6) is -11.5. The normalized spacial score (nSPS) is 15.4. The van der Waals surface area contributed by atoms with Crippen LogP contribution in [-0.4, -0.2) is 205 Å². The van der Waals surface area contributed by atoms with Gasteiger partial charge in [-0.1, -0.05) is 83.1 Å². The van der Waals surface area contributed by atoms with E-state index in [1.165, 1.54) is 20.8 Å². The Morgan fingerprint density at radius 2 is 0.385 bits per heavy atom. The van der Waals surface area contributed by atoms with Crippen LogP contribution in [0.15, 0.2) is 0 Å². The summed E-state index contributed by atoms with van der Waals surface area (Å²) < 4.78 is 0. The van der Waals surface area contributed by atoms with Crippen molar-refractivity contribution >= 4 is 82.8 Å². The van der Waals surface area contributed by atoms with Crippen molar-refractivity contribution in [3.63, 3.8) is 0 Å². The molecule has 0 spiro atoms. The van der Waals surface area contributed by atoms with Crippen LogP contribution in [0, 0.1) is 35.5 Å². The van der Waals surface area contributed by atoms with Gasteiger partial charge < -0.3 is 109 Å². The van der Waals surface area contributed by atoms with E-state index in [0.717, 1.165) is 0 Å². The van der Waals surface area contributed by atoms with E-state index >= 15 is 0 Å². The number of hydrogen-bond donors (Lipinski definition) is 20. The molecular weight excluding hydrogens is 1410 g/mol. The lowest BCUT2D eigenvalue weighted by Gasteiger charge is -2.29. The molecule has 14 atom stereocenters. The van der Waals surface area contributed by atoms with Gasteiger partial charge in [0.15, 0.2) is 0 Å². The number of hydrogen-bond acceptors (Lipinski definition) is 20. The standard InChI is InChI=1S/C75H143N19O15/c1-42(2)36-51(81)65(98)82-48(13)62(95)85-53(27-17-22-32-77)68(101)91-60(40-46(9)10)73(106)93-58(38-44(5)6)71(104)87-52(26-16-21-31-76)66(99)83-50(15)64(97)90-57(37-43(3)4)70(103)84-49(14)63(96)86-54(28-18-23-33-78)69(102)92-61(41-47(11)12)74(107)94-59(39-45(7)8)72(105)88-55(29-19-24-34-79)67(100)89-56(75(108)109)30-20-25-35-80/h42-61H,16-41,76-81H2,1-15H3,(H,82,98)(H,83,99)(H,84,103)(H,85,95)(H,86,96)(H,87,104)(H,88,105)(H,89,100)(H,90,97)(H,91,101)(H,92,102)(H,93,106)(H,94,107)(H,108,109)/t48-,49-,50-,51-,52-,53-,54-,55-,56-,57-,58-,59-,60-,61-/m0/s1. The SMILES string of the molecule is CC(C)C[C@H](NC(=O)[C@H](C)NC(=O)[C@H](CCCCN)NC(=O)[C@H](CC(C)C)NC(=O)[C@H](CC(C)C)NC(=O)[C@H](CCCCN)NC(=O)[C@H](C)NC(=O)[C@@H](N)CC(C)C)C(=O)N[C@@H](C)C(=O)N[C@@H](CCCCN)C(=O)N[C@@H](CC(C)C)C(=O)N[C@@H](CC(C)C)C(=O)N[C@@H](CCCCN)C(=O)N[C@@H](CCCCN)C(=O)O. The maximum absolute atomic E-state index is 14.4. The summed E-state index contributed by atoms with van der Waals surface area (Å²) in [6.07, 6.45) is 5.81. The van der Waals surface area contributed by atoms with Crippen LogP contribution in [0.2, 0.25) is 0 Å². The molecule has 26 N–H and O–H groups in total. The minimum absolute atomic E-state index is 0.0536. The van der Waals surface area contributed by atoms with Gasteiger partial charge in [-0.25, -0.2) is 4.79 Å². The monoisotopic (exact) mass is 1550 g/mol. The molecule has 0 rings (SSSR count). The third-order valence-corrected chi connectivity index (χ3v) is 17.9. The van der Waals surface area contributed by atoms with Crippen molar-refractivity contribution in [3.05, 3.63) is 0 Å². The highest BCUT2D eigenvalue weighted by Crippen LogP contribution is 2.17. The second kappa shape index (κ2) is 55.7. The fourth-order valence-electron chi connectivity index (χ4n) is 11.9. The van der Waals surface area contributed by atoms with E-state index in [2.05, 4.69) is 69.1 Å². The quantitative estimate of drug-likeness (QED) is 0.0347. The molecule has 0 aliphatic heterocycles. The van der Waals surface area contributed by atoms with E-state index in [-0.39, 0.29) is 113 Å². The first-order valence-electron chi connectivity index (χ1n) is 39.6. The smallest absolute Gasteiger partial charge is 0.326 e. The van der Waals surface area contributed by atoms with Crippen molar-refractivity contribution in [3.8, 4) is 0 Å². The molecule has 0 unspecified atom stereocenters. The molecule has 109 heavy (non-hydrogen) atoms. The van der Waals surface area contributed by atoms with Gasteiger partial charge in [-0.3, -0.25) is 62.3 Å². The zero-order chi connectivity index (χ0) is 83.2. The lowest BCUT2D eigenvalue weighted by atomic mass is 9.99. The van der Waals surface area contributed by atoms with Crippen molar-refractivity contribution in [2.24, 2.45) is 69.9 Å². The molecule has 0 saturated carbocycles. The Labute approximate surface area is 647 Å². The second-order valence-electron chi connectivity index (χ2n) is 31.4. The number of aliphatic carboxylic acids is 1. The van der Waals surface area contributed by atoms with Gasteiger partial charge in [0, 0.05) is 0 Å². The molecule has 0 heterocycles. The summed E-state index contributed by atoms with van der Waals surface area (Å²) in [6.45, 7) is 27.7. The largest absolute Gasteiger partial charge is 0.480 e. The summed E-state index contributed by atoms with van der Waals surface area (Å²) in [5, 5.41) is 45.0. The average Bonchev–Trinajstić information content (AvgIpc) is 0.862. The lowest BCUT2D eigenvalue weighted by Crippen LogP contribution is -2.60. The van der Waals surface area contributed by atoms with Crippen LogP contribution in [0.1, 0.15) is 239 Å². The maximum Gasteiger partial charge on any atom is 0.326 e. The highest BCUT2D eigenvalue weighted by atomic mass is 16.4. The highest BCUT2D eigenvalue weighted by molar-refractivity contribution is 6.00. The third kappa shape index (κ3) is 43.5. The number of carbonyl (C=O) groups excluding carboxylic acids is 13. The van der Waals surface area contributed by atoms with Gasteiger partial charge in [0.2, 0.25) is 76.8 Å². The van der Waals surface area contributed by atoms with Crippen molar-refractivity contribution in [2.45, 2.75) is 323 Å². The van der Waals surface area contributed by atoms with E-state index in [0.29, 0.717) is 90.3 Å². The van der Waals surface area contributed by atoms with Crippen LogP contribution in [0.4, 0.5) is 0 Å². The van der Waals surface area contributed by atoms with Gasteiger partial charge in [-0.15, -0.1) is 0 Å². The number of carboxylic acid groups (broad SMARTS) is 1.